The third-order valence-electron chi connectivity index (χ3n) is 2.64. The van der Waals surface area contributed by atoms with Crippen LogP contribution in [0.2, 0.25) is 0 Å². The lowest BCUT2D eigenvalue weighted by molar-refractivity contribution is -0.147. The van der Waals surface area contributed by atoms with Crippen molar-refractivity contribution in [1.82, 2.24) is 0 Å². The van der Waals surface area contributed by atoms with Gasteiger partial charge in [0, 0.05) is 17.3 Å². The van der Waals surface area contributed by atoms with Crippen molar-refractivity contribution in [2.75, 3.05) is 12.3 Å². The van der Waals surface area contributed by atoms with Crippen molar-refractivity contribution < 1.29 is 18.7 Å². The fourth-order valence-electron chi connectivity index (χ4n) is 1.61. The molecule has 21 heavy (non-hydrogen) atoms. The van der Waals surface area contributed by atoms with Gasteiger partial charge in [-0.1, -0.05) is 18.2 Å². The van der Waals surface area contributed by atoms with Crippen molar-refractivity contribution in [2.45, 2.75) is 6.61 Å². The summed E-state index contributed by atoms with van der Waals surface area (Å²) in [6.45, 7) is -0.270. The summed E-state index contributed by atoms with van der Waals surface area (Å²) in [5.74, 6) is -0.466. The minimum atomic E-state index is -0.548. The summed E-state index contributed by atoms with van der Waals surface area (Å²) < 4.78 is 23.8. The van der Waals surface area contributed by atoms with E-state index in [4.69, 9.17) is 15.2 Å². The van der Waals surface area contributed by atoms with E-state index in [2.05, 4.69) is 15.9 Å². The van der Waals surface area contributed by atoms with Crippen LogP contribution in [0.15, 0.2) is 46.9 Å². The maximum absolute atomic E-state index is 13.3. The Labute approximate surface area is 129 Å². The summed E-state index contributed by atoms with van der Waals surface area (Å²) in [5, 5.41) is 0. The van der Waals surface area contributed by atoms with Gasteiger partial charge >= 0.3 is 5.97 Å². The Morgan fingerprint density at radius 2 is 2.00 bits per heavy atom. The van der Waals surface area contributed by atoms with Crippen molar-refractivity contribution >= 4 is 27.6 Å². The van der Waals surface area contributed by atoms with E-state index in [0.29, 0.717) is 17.0 Å². The molecular weight excluding hydrogens is 341 g/mol. The lowest BCUT2D eigenvalue weighted by atomic mass is 10.2. The van der Waals surface area contributed by atoms with Crippen LogP contribution in [0.5, 0.6) is 5.75 Å². The third-order valence-corrected chi connectivity index (χ3v) is 3.52. The van der Waals surface area contributed by atoms with E-state index in [1.54, 1.807) is 36.4 Å². The summed E-state index contributed by atoms with van der Waals surface area (Å²) in [7, 11) is 0. The van der Waals surface area contributed by atoms with Crippen LogP contribution in [0.1, 0.15) is 5.56 Å². The Morgan fingerprint density at radius 1 is 1.24 bits per heavy atom. The SMILES string of the molecule is Nc1cccc(OCC(=O)OCc2cccc(F)c2Br)c1. The third kappa shape index (κ3) is 4.46. The van der Waals surface area contributed by atoms with Crippen LogP contribution in [0.25, 0.3) is 0 Å². The van der Waals surface area contributed by atoms with Gasteiger partial charge in [-0.25, -0.2) is 9.18 Å². The number of rotatable bonds is 5. The highest BCUT2D eigenvalue weighted by atomic mass is 79.9. The molecule has 0 unspecified atom stereocenters. The highest BCUT2D eigenvalue weighted by molar-refractivity contribution is 9.10. The first-order valence-corrected chi connectivity index (χ1v) is 6.92. The average Bonchev–Trinajstić information content (AvgIpc) is 2.47. The molecule has 0 amide bonds. The highest BCUT2D eigenvalue weighted by Gasteiger charge is 2.09. The number of nitrogens with two attached hydrogens (primary N) is 1. The van der Waals surface area contributed by atoms with E-state index in [0.717, 1.165) is 0 Å². The van der Waals surface area contributed by atoms with Gasteiger partial charge < -0.3 is 15.2 Å². The van der Waals surface area contributed by atoms with Crippen LogP contribution in [-0.2, 0) is 16.1 Å². The van der Waals surface area contributed by atoms with Crippen LogP contribution in [0.3, 0.4) is 0 Å². The van der Waals surface area contributed by atoms with E-state index in [9.17, 15) is 9.18 Å². The number of ether oxygens (including phenoxy) is 2. The van der Waals surface area contributed by atoms with Gasteiger partial charge in [0.25, 0.3) is 0 Å². The fourth-order valence-corrected chi connectivity index (χ4v) is 1.99. The Balaban J connectivity index is 1.84. The number of anilines is 1. The van der Waals surface area contributed by atoms with Crippen LogP contribution in [0, 0.1) is 5.82 Å². The van der Waals surface area contributed by atoms with Crippen LogP contribution in [0.4, 0.5) is 10.1 Å². The fraction of sp³-hybridized carbons (Fsp3) is 0.133. The Bertz CT molecular complexity index is 649. The number of esters is 1. The van der Waals surface area contributed by atoms with Gasteiger partial charge in [-0.05, 0) is 34.1 Å². The van der Waals surface area contributed by atoms with Gasteiger partial charge in [-0.3, -0.25) is 0 Å². The molecule has 6 heteroatoms. The van der Waals surface area contributed by atoms with Crippen molar-refractivity contribution in [3.05, 3.63) is 58.3 Å². The molecule has 0 aliphatic carbocycles. The van der Waals surface area contributed by atoms with Crippen molar-refractivity contribution in [2.24, 2.45) is 0 Å². The zero-order chi connectivity index (χ0) is 15.2. The predicted molar refractivity (Wildman–Crippen MR) is 80.2 cm³/mol. The predicted octanol–water partition coefficient (Wildman–Crippen LogP) is 3.29. The first kappa shape index (κ1) is 15.3. The largest absolute Gasteiger partial charge is 0.482 e. The molecule has 0 saturated carbocycles. The summed E-state index contributed by atoms with van der Waals surface area (Å²) in [4.78, 5) is 11.6. The molecule has 2 N–H and O–H groups in total. The normalized spacial score (nSPS) is 10.2. The smallest absolute Gasteiger partial charge is 0.344 e. The number of halogens is 2. The first-order valence-electron chi connectivity index (χ1n) is 6.13. The van der Waals surface area contributed by atoms with Crippen molar-refractivity contribution in [3.63, 3.8) is 0 Å². The molecule has 0 radical (unpaired) electrons. The number of hydrogen-bond acceptors (Lipinski definition) is 4. The molecule has 4 nitrogen and oxygen atoms in total. The number of nitrogen functional groups attached to an aromatic ring is 1. The lowest BCUT2D eigenvalue weighted by Crippen LogP contribution is -2.15. The maximum atomic E-state index is 13.3. The molecule has 0 saturated heterocycles. The number of hydrogen-bond donors (Lipinski definition) is 1. The zero-order valence-corrected chi connectivity index (χ0v) is 12.6. The Kier molecular flexibility index (Phi) is 5.16. The van der Waals surface area contributed by atoms with E-state index < -0.39 is 11.8 Å². The topological polar surface area (TPSA) is 61.5 Å². The first-order chi connectivity index (χ1) is 10.1. The van der Waals surface area contributed by atoms with E-state index >= 15 is 0 Å². The highest BCUT2D eigenvalue weighted by Crippen LogP contribution is 2.21. The van der Waals surface area contributed by atoms with Gasteiger partial charge in [0.15, 0.2) is 6.61 Å². The summed E-state index contributed by atoms with van der Waals surface area (Å²) in [6, 6.07) is 11.3. The van der Waals surface area contributed by atoms with Crippen molar-refractivity contribution in [3.8, 4) is 5.75 Å². The quantitative estimate of drug-likeness (QED) is 0.661. The molecule has 2 aromatic rings. The minimum absolute atomic E-state index is 0.0303. The van der Waals surface area contributed by atoms with E-state index in [1.165, 1.54) is 6.07 Å². The van der Waals surface area contributed by atoms with Crippen molar-refractivity contribution in [1.29, 1.82) is 0 Å². The Hall–Kier alpha value is -2.08. The number of benzene rings is 2. The minimum Gasteiger partial charge on any atom is -0.482 e. The summed E-state index contributed by atoms with van der Waals surface area (Å²) in [5.41, 5.74) is 6.69. The zero-order valence-electron chi connectivity index (χ0n) is 11.0. The molecule has 0 aliphatic rings. The monoisotopic (exact) mass is 353 g/mol. The average molecular weight is 354 g/mol. The second-order valence-corrected chi connectivity index (χ2v) is 5.03. The molecule has 2 rings (SSSR count). The number of carbonyl (C=O) groups excluding carboxylic acids is 1. The lowest BCUT2D eigenvalue weighted by Gasteiger charge is -2.09. The van der Waals surface area contributed by atoms with Gasteiger partial charge in [0.05, 0.1) is 4.47 Å². The molecule has 0 bridgehead atoms. The van der Waals surface area contributed by atoms with Gasteiger partial charge in [-0.2, -0.15) is 0 Å². The molecule has 0 spiro atoms. The van der Waals surface area contributed by atoms with Crippen LogP contribution < -0.4 is 10.5 Å². The van der Waals surface area contributed by atoms with Gasteiger partial charge in [0.2, 0.25) is 0 Å². The standard InChI is InChI=1S/C15H13BrFNO3/c16-15-10(3-1-6-13(15)17)8-21-14(19)9-20-12-5-2-4-11(18)7-12/h1-7H,8-9,18H2. The molecule has 0 aliphatic heterocycles. The molecule has 0 aromatic heterocycles. The molecule has 110 valence electrons. The second-order valence-electron chi connectivity index (χ2n) is 4.23. The molecule has 0 heterocycles. The maximum Gasteiger partial charge on any atom is 0.344 e. The number of carbonyl (C=O) groups is 1. The Morgan fingerprint density at radius 3 is 2.76 bits per heavy atom. The summed E-state index contributed by atoms with van der Waals surface area (Å²) in [6.07, 6.45) is 0. The van der Waals surface area contributed by atoms with Gasteiger partial charge in [0.1, 0.15) is 18.2 Å². The molecule has 0 atom stereocenters. The second kappa shape index (κ2) is 7.08. The van der Waals surface area contributed by atoms with Gasteiger partial charge in [-0.15, -0.1) is 0 Å². The molecular formula is C15H13BrFNO3. The molecule has 2 aromatic carbocycles. The van der Waals surface area contributed by atoms with E-state index in [1.807, 2.05) is 0 Å². The van der Waals surface area contributed by atoms with Crippen LogP contribution >= 0.6 is 15.9 Å². The van der Waals surface area contributed by atoms with E-state index in [-0.39, 0.29) is 17.7 Å². The summed E-state index contributed by atoms with van der Waals surface area (Å²) >= 11 is 3.10. The molecule has 0 fully saturated rings. The van der Waals surface area contributed by atoms with Crippen LogP contribution in [-0.4, -0.2) is 12.6 Å².